The molecule has 0 saturated heterocycles. The Morgan fingerprint density at radius 3 is 2.83 bits per heavy atom. The summed E-state index contributed by atoms with van der Waals surface area (Å²) in [6, 6.07) is 7.26. The number of nitro groups is 1. The van der Waals surface area contributed by atoms with Crippen LogP contribution >= 0.6 is 11.3 Å². The lowest BCUT2D eigenvalue weighted by Gasteiger charge is -2.17. The number of hydrogen-bond donors (Lipinski definition) is 3. The van der Waals surface area contributed by atoms with Crippen molar-refractivity contribution >= 4 is 28.7 Å². The molecular formula is C15H17N3O4S. The quantitative estimate of drug-likeness (QED) is 0.557. The number of carbonyl (C=O) groups is 1. The van der Waals surface area contributed by atoms with E-state index in [1.165, 1.54) is 23.5 Å². The predicted octanol–water partition coefficient (Wildman–Crippen LogP) is 3.21. The van der Waals surface area contributed by atoms with Gasteiger partial charge in [0.15, 0.2) is 0 Å². The van der Waals surface area contributed by atoms with Crippen LogP contribution < -0.4 is 10.6 Å². The number of thiophene rings is 1. The number of amides is 2. The van der Waals surface area contributed by atoms with E-state index in [4.69, 9.17) is 5.11 Å². The number of aryl methyl sites for hydroxylation is 1. The molecule has 0 bridgehead atoms. The normalized spacial score (nSPS) is 11.7. The van der Waals surface area contributed by atoms with Gasteiger partial charge in [-0.05, 0) is 30.4 Å². The van der Waals surface area contributed by atoms with E-state index in [1.54, 1.807) is 13.0 Å². The highest BCUT2D eigenvalue weighted by Gasteiger charge is 2.16. The first kappa shape index (κ1) is 16.9. The molecule has 2 aromatic rings. The summed E-state index contributed by atoms with van der Waals surface area (Å²) in [5.74, 6) is 0. The Bertz CT molecular complexity index is 688. The summed E-state index contributed by atoms with van der Waals surface area (Å²) in [5.41, 5.74) is 1.02. The van der Waals surface area contributed by atoms with Gasteiger partial charge in [0.05, 0.1) is 16.7 Å². The summed E-state index contributed by atoms with van der Waals surface area (Å²) >= 11 is 1.49. The lowest BCUT2D eigenvalue weighted by molar-refractivity contribution is -0.384. The lowest BCUT2D eigenvalue weighted by Crippen LogP contribution is -2.33. The van der Waals surface area contributed by atoms with E-state index in [-0.39, 0.29) is 18.3 Å². The molecule has 0 fully saturated rings. The third-order valence-corrected chi connectivity index (χ3v) is 4.28. The molecule has 0 saturated carbocycles. The molecule has 23 heavy (non-hydrogen) atoms. The van der Waals surface area contributed by atoms with Crippen molar-refractivity contribution in [2.24, 2.45) is 0 Å². The van der Waals surface area contributed by atoms with E-state index < -0.39 is 11.0 Å². The number of hydrogen-bond acceptors (Lipinski definition) is 5. The molecule has 2 rings (SSSR count). The SMILES string of the molecule is Cc1ccc([N+](=O)[O-])cc1NC(=O)N[C@H](CCO)c1cccs1. The van der Waals surface area contributed by atoms with Gasteiger partial charge in [0.2, 0.25) is 0 Å². The standard InChI is InChI=1S/C15H17N3O4S/c1-10-4-5-11(18(21)22)9-13(10)17-15(20)16-12(6-7-19)14-3-2-8-23-14/h2-5,8-9,12,19H,6-7H2,1H3,(H2,16,17,20)/t12-/m1/s1. The third-order valence-electron chi connectivity index (χ3n) is 3.29. The molecule has 122 valence electrons. The lowest BCUT2D eigenvalue weighted by atomic mass is 10.1. The topological polar surface area (TPSA) is 105 Å². The molecule has 0 aliphatic carbocycles. The zero-order valence-corrected chi connectivity index (χ0v) is 13.3. The van der Waals surface area contributed by atoms with Crippen LogP contribution in [0, 0.1) is 17.0 Å². The summed E-state index contributed by atoms with van der Waals surface area (Å²) < 4.78 is 0. The largest absolute Gasteiger partial charge is 0.396 e. The highest BCUT2D eigenvalue weighted by molar-refractivity contribution is 7.10. The van der Waals surface area contributed by atoms with Crippen LogP contribution in [0.5, 0.6) is 0 Å². The van der Waals surface area contributed by atoms with Gasteiger partial charge in [-0.15, -0.1) is 11.3 Å². The minimum Gasteiger partial charge on any atom is -0.396 e. The van der Waals surface area contributed by atoms with Gasteiger partial charge in [-0.1, -0.05) is 12.1 Å². The summed E-state index contributed by atoms with van der Waals surface area (Å²) in [7, 11) is 0. The van der Waals surface area contributed by atoms with Crippen molar-refractivity contribution in [1.29, 1.82) is 0 Å². The van der Waals surface area contributed by atoms with Gasteiger partial charge in [-0.25, -0.2) is 4.79 Å². The second-order valence-corrected chi connectivity index (χ2v) is 5.91. The average Bonchev–Trinajstić information content (AvgIpc) is 3.03. The molecular weight excluding hydrogens is 318 g/mol. The Morgan fingerprint density at radius 1 is 1.43 bits per heavy atom. The number of aliphatic hydroxyl groups is 1. The Balaban J connectivity index is 2.09. The van der Waals surface area contributed by atoms with Crippen LogP contribution in [0.4, 0.5) is 16.2 Å². The first-order chi connectivity index (χ1) is 11.0. The van der Waals surface area contributed by atoms with Gasteiger partial charge in [-0.2, -0.15) is 0 Å². The molecule has 1 aromatic carbocycles. The molecule has 8 heteroatoms. The van der Waals surface area contributed by atoms with Crippen LogP contribution in [0.2, 0.25) is 0 Å². The van der Waals surface area contributed by atoms with Crippen molar-refractivity contribution in [2.45, 2.75) is 19.4 Å². The smallest absolute Gasteiger partial charge is 0.319 e. The van der Waals surface area contributed by atoms with Crippen molar-refractivity contribution in [3.05, 3.63) is 56.3 Å². The van der Waals surface area contributed by atoms with Gasteiger partial charge in [0, 0.05) is 23.6 Å². The van der Waals surface area contributed by atoms with E-state index in [2.05, 4.69) is 10.6 Å². The van der Waals surface area contributed by atoms with Crippen molar-refractivity contribution in [3.8, 4) is 0 Å². The van der Waals surface area contributed by atoms with Gasteiger partial charge < -0.3 is 15.7 Å². The molecule has 3 N–H and O–H groups in total. The zero-order chi connectivity index (χ0) is 16.8. The molecule has 1 atom stereocenters. The molecule has 0 spiro atoms. The number of nitrogens with zero attached hydrogens (tertiary/aromatic N) is 1. The number of urea groups is 1. The fourth-order valence-corrected chi connectivity index (χ4v) is 2.89. The van der Waals surface area contributed by atoms with Crippen molar-refractivity contribution in [3.63, 3.8) is 0 Å². The number of rotatable bonds is 6. The molecule has 7 nitrogen and oxygen atoms in total. The van der Waals surface area contributed by atoms with Crippen LogP contribution in [0.15, 0.2) is 35.7 Å². The number of benzene rings is 1. The fourth-order valence-electron chi connectivity index (χ4n) is 2.08. The minimum atomic E-state index is -0.511. The monoisotopic (exact) mass is 335 g/mol. The van der Waals surface area contributed by atoms with Crippen LogP contribution in [-0.2, 0) is 0 Å². The molecule has 1 aromatic heterocycles. The molecule has 2 amide bonds. The van der Waals surface area contributed by atoms with Crippen LogP contribution in [0.3, 0.4) is 0 Å². The average molecular weight is 335 g/mol. The van der Waals surface area contributed by atoms with Crippen LogP contribution in [-0.4, -0.2) is 22.7 Å². The Kier molecular flexibility index (Phi) is 5.67. The van der Waals surface area contributed by atoms with E-state index in [0.717, 1.165) is 10.4 Å². The second kappa shape index (κ2) is 7.70. The van der Waals surface area contributed by atoms with Crippen molar-refractivity contribution in [2.75, 3.05) is 11.9 Å². The number of anilines is 1. The van der Waals surface area contributed by atoms with Gasteiger partial charge in [-0.3, -0.25) is 10.1 Å². The highest BCUT2D eigenvalue weighted by atomic mass is 32.1. The third kappa shape index (κ3) is 4.51. The highest BCUT2D eigenvalue weighted by Crippen LogP contribution is 2.24. The zero-order valence-electron chi connectivity index (χ0n) is 12.5. The van der Waals surface area contributed by atoms with Gasteiger partial charge in [0.1, 0.15) is 0 Å². The molecule has 0 unspecified atom stereocenters. The summed E-state index contributed by atoms with van der Waals surface area (Å²) in [4.78, 5) is 23.4. The molecule has 0 aliphatic heterocycles. The maximum Gasteiger partial charge on any atom is 0.319 e. The molecule has 0 radical (unpaired) electrons. The van der Waals surface area contributed by atoms with Gasteiger partial charge >= 0.3 is 6.03 Å². The first-order valence-electron chi connectivity index (χ1n) is 6.98. The summed E-state index contributed by atoms with van der Waals surface area (Å²) in [6.07, 6.45) is 0.391. The van der Waals surface area contributed by atoms with E-state index in [1.807, 2.05) is 17.5 Å². The Morgan fingerprint density at radius 2 is 2.22 bits per heavy atom. The van der Waals surface area contributed by atoms with E-state index in [9.17, 15) is 14.9 Å². The molecule has 0 aliphatic rings. The van der Waals surface area contributed by atoms with Crippen LogP contribution in [0.25, 0.3) is 0 Å². The maximum atomic E-state index is 12.2. The Hall–Kier alpha value is -2.45. The number of aliphatic hydroxyl groups excluding tert-OH is 1. The number of nitrogens with one attached hydrogen (secondary N) is 2. The molecule has 1 heterocycles. The Labute approximate surface area is 137 Å². The minimum absolute atomic E-state index is 0.0569. The van der Waals surface area contributed by atoms with Crippen LogP contribution in [0.1, 0.15) is 22.9 Å². The van der Waals surface area contributed by atoms with Crippen molar-refractivity contribution in [1.82, 2.24) is 5.32 Å². The number of nitro benzene ring substituents is 1. The van der Waals surface area contributed by atoms with E-state index >= 15 is 0 Å². The predicted molar refractivity (Wildman–Crippen MR) is 88.8 cm³/mol. The van der Waals surface area contributed by atoms with Crippen molar-refractivity contribution < 1.29 is 14.8 Å². The maximum absolute atomic E-state index is 12.2. The second-order valence-electron chi connectivity index (χ2n) is 4.94. The summed E-state index contributed by atoms with van der Waals surface area (Å²) in [6.45, 7) is 1.70. The van der Waals surface area contributed by atoms with Gasteiger partial charge in [0.25, 0.3) is 5.69 Å². The first-order valence-corrected chi connectivity index (χ1v) is 7.86. The summed E-state index contributed by atoms with van der Waals surface area (Å²) in [5, 5.41) is 27.2. The van der Waals surface area contributed by atoms with E-state index in [0.29, 0.717) is 12.1 Å². The fraction of sp³-hybridized carbons (Fsp3) is 0.267. The number of carbonyl (C=O) groups excluding carboxylic acids is 1. The number of non-ortho nitro benzene ring substituents is 1.